The Morgan fingerprint density at radius 2 is 1.65 bits per heavy atom. The molecule has 0 aliphatic carbocycles. The Balaban J connectivity index is 2.13. The topological polar surface area (TPSA) is 86.8 Å². The molecule has 1 atom stereocenters. The van der Waals surface area contributed by atoms with Crippen molar-refractivity contribution in [1.82, 2.24) is 10.2 Å². The van der Waals surface area contributed by atoms with Crippen LogP contribution in [0.25, 0.3) is 0 Å². The van der Waals surface area contributed by atoms with Crippen LogP contribution in [0.3, 0.4) is 0 Å². The zero-order valence-corrected chi connectivity index (χ0v) is 24.0. The number of aryl methyl sites for hydroxylation is 1. The fourth-order valence-electron chi connectivity index (χ4n) is 3.88. The Morgan fingerprint density at radius 3 is 2.23 bits per heavy atom. The maximum Gasteiger partial charge on any atom is 0.417 e. The van der Waals surface area contributed by atoms with E-state index in [2.05, 4.69) is 5.32 Å². The van der Waals surface area contributed by atoms with E-state index in [0.29, 0.717) is 21.0 Å². The molecule has 7 nitrogen and oxygen atoms in total. The predicted octanol–water partition coefficient (Wildman–Crippen LogP) is 5.68. The fraction of sp³-hybridized carbons (Fsp3) is 0.259. The number of alkyl halides is 3. The van der Waals surface area contributed by atoms with Crippen molar-refractivity contribution < 1.29 is 31.2 Å². The summed E-state index contributed by atoms with van der Waals surface area (Å²) in [5, 5.41) is 2.19. The SMILES string of the molecule is CNC(=O)[C@H](C)N(Cc1cccc(Cl)c1)C(=O)CN(c1ccc(Cl)c(C(F)(F)F)c1)S(=O)(=O)c1ccc(C)cc1. The Kier molecular flexibility index (Phi) is 9.76. The van der Waals surface area contributed by atoms with Crippen molar-refractivity contribution >= 4 is 50.7 Å². The average Bonchev–Trinajstić information content (AvgIpc) is 2.89. The predicted molar refractivity (Wildman–Crippen MR) is 148 cm³/mol. The Labute approximate surface area is 240 Å². The molecule has 0 fully saturated rings. The number of sulfonamides is 1. The highest BCUT2D eigenvalue weighted by Gasteiger charge is 2.36. The van der Waals surface area contributed by atoms with Gasteiger partial charge in [-0.25, -0.2) is 8.42 Å². The smallest absolute Gasteiger partial charge is 0.357 e. The lowest BCUT2D eigenvalue weighted by atomic mass is 10.1. The summed E-state index contributed by atoms with van der Waals surface area (Å²) in [7, 11) is -3.18. The molecule has 0 aromatic heterocycles. The van der Waals surface area contributed by atoms with Crippen molar-refractivity contribution in [3.05, 3.63) is 93.5 Å². The van der Waals surface area contributed by atoms with Crippen molar-refractivity contribution in [2.24, 2.45) is 0 Å². The number of carbonyl (C=O) groups excluding carboxylic acids is 2. The van der Waals surface area contributed by atoms with Gasteiger partial charge in [0.1, 0.15) is 12.6 Å². The normalized spacial score (nSPS) is 12.5. The first-order valence-corrected chi connectivity index (χ1v) is 14.1. The maximum atomic E-state index is 13.8. The van der Waals surface area contributed by atoms with Crippen LogP contribution >= 0.6 is 23.2 Å². The lowest BCUT2D eigenvalue weighted by Gasteiger charge is -2.32. The zero-order valence-electron chi connectivity index (χ0n) is 21.7. The summed E-state index contributed by atoms with van der Waals surface area (Å²) in [5.74, 6) is -1.37. The molecule has 0 radical (unpaired) electrons. The molecule has 3 rings (SSSR count). The molecule has 0 saturated heterocycles. The molecule has 214 valence electrons. The van der Waals surface area contributed by atoms with E-state index in [0.717, 1.165) is 22.6 Å². The van der Waals surface area contributed by atoms with Crippen LogP contribution in [0, 0.1) is 6.92 Å². The molecule has 0 heterocycles. The van der Waals surface area contributed by atoms with Crippen LogP contribution in [-0.2, 0) is 32.3 Å². The summed E-state index contributed by atoms with van der Waals surface area (Å²) in [4.78, 5) is 27.1. The van der Waals surface area contributed by atoms with Gasteiger partial charge in [0.25, 0.3) is 10.0 Å². The van der Waals surface area contributed by atoms with Crippen LogP contribution in [0.15, 0.2) is 71.6 Å². The number of anilines is 1. The van der Waals surface area contributed by atoms with Gasteiger partial charge in [-0.2, -0.15) is 13.2 Å². The van der Waals surface area contributed by atoms with Gasteiger partial charge in [-0.05, 0) is 61.9 Å². The lowest BCUT2D eigenvalue weighted by molar-refractivity contribution is -0.139. The van der Waals surface area contributed by atoms with E-state index in [1.54, 1.807) is 31.2 Å². The first kappa shape index (κ1) is 31.3. The van der Waals surface area contributed by atoms with Gasteiger partial charge in [0.05, 0.1) is 21.2 Å². The van der Waals surface area contributed by atoms with Gasteiger partial charge >= 0.3 is 6.18 Å². The van der Waals surface area contributed by atoms with E-state index in [1.807, 2.05) is 0 Å². The minimum Gasteiger partial charge on any atom is -0.357 e. The van der Waals surface area contributed by atoms with Gasteiger partial charge in [0.15, 0.2) is 0 Å². The van der Waals surface area contributed by atoms with Gasteiger partial charge in [-0.15, -0.1) is 0 Å². The third kappa shape index (κ3) is 7.26. The van der Waals surface area contributed by atoms with E-state index in [4.69, 9.17) is 23.2 Å². The lowest BCUT2D eigenvalue weighted by Crippen LogP contribution is -2.50. The number of nitrogens with one attached hydrogen (secondary N) is 1. The molecule has 0 saturated carbocycles. The second kappa shape index (κ2) is 12.5. The van der Waals surface area contributed by atoms with Gasteiger partial charge < -0.3 is 10.2 Å². The Bertz CT molecular complexity index is 1500. The number of hydrogen-bond acceptors (Lipinski definition) is 4. The second-order valence-electron chi connectivity index (χ2n) is 8.93. The summed E-state index contributed by atoms with van der Waals surface area (Å²) in [5.41, 5.74) is -0.395. The van der Waals surface area contributed by atoms with Crippen molar-refractivity contribution in [3.63, 3.8) is 0 Å². The van der Waals surface area contributed by atoms with Crippen LogP contribution in [0.2, 0.25) is 10.0 Å². The number of benzene rings is 3. The molecule has 0 bridgehead atoms. The molecule has 40 heavy (non-hydrogen) atoms. The monoisotopic (exact) mass is 615 g/mol. The molecule has 0 spiro atoms. The number of amides is 2. The van der Waals surface area contributed by atoms with Crippen LogP contribution in [0.5, 0.6) is 0 Å². The van der Waals surface area contributed by atoms with E-state index >= 15 is 0 Å². The number of halogens is 5. The molecule has 3 aromatic carbocycles. The second-order valence-corrected chi connectivity index (χ2v) is 11.6. The zero-order chi connectivity index (χ0) is 29.8. The van der Waals surface area contributed by atoms with E-state index in [9.17, 15) is 31.2 Å². The third-order valence-corrected chi connectivity index (χ3v) is 8.44. The standard InChI is InChI=1S/C27H26Cl2F3N3O4S/c1-17-7-10-22(11-8-17)40(38,39)35(21-9-12-24(29)23(14-21)27(30,31)32)16-25(36)34(18(2)26(37)33-3)15-19-5-4-6-20(28)13-19/h4-14,18H,15-16H2,1-3H3,(H,33,37)/t18-/m0/s1. The number of hydrogen-bond donors (Lipinski definition) is 1. The Morgan fingerprint density at radius 1 is 1.00 bits per heavy atom. The summed E-state index contributed by atoms with van der Waals surface area (Å²) in [6, 6.07) is 13.6. The quantitative estimate of drug-likeness (QED) is 0.335. The molecular formula is C27H26Cl2F3N3O4S. The third-order valence-electron chi connectivity index (χ3n) is 6.09. The number of rotatable bonds is 9. The van der Waals surface area contributed by atoms with Crippen molar-refractivity contribution in [2.75, 3.05) is 17.9 Å². The molecule has 0 aliphatic heterocycles. The largest absolute Gasteiger partial charge is 0.417 e. The van der Waals surface area contributed by atoms with Gasteiger partial charge in [-0.3, -0.25) is 13.9 Å². The van der Waals surface area contributed by atoms with Gasteiger partial charge in [-0.1, -0.05) is 53.0 Å². The molecule has 0 aliphatic rings. The minimum absolute atomic E-state index is 0.124. The number of likely N-dealkylation sites (N-methyl/N-ethyl adjacent to an activating group) is 1. The van der Waals surface area contributed by atoms with Crippen molar-refractivity contribution in [2.45, 2.75) is 37.5 Å². The molecule has 0 unspecified atom stereocenters. The first-order chi connectivity index (χ1) is 18.6. The molecule has 2 amide bonds. The molecular weight excluding hydrogens is 590 g/mol. The summed E-state index contributed by atoms with van der Waals surface area (Å²) < 4.78 is 69.1. The summed E-state index contributed by atoms with van der Waals surface area (Å²) in [6.07, 6.45) is -4.89. The maximum absolute atomic E-state index is 13.8. The number of nitrogens with zero attached hydrogens (tertiary/aromatic N) is 2. The van der Waals surface area contributed by atoms with Crippen molar-refractivity contribution in [3.8, 4) is 0 Å². The summed E-state index contributed by atoms with van der Waals surface area (Å²) in [6.45, 7) is 2.16. The minimum atomic E-state index is -4.89. The highest BCUT2D eigenvalue weighted by molar-refractivity contribution is 7.92. The molecule has 13 heteroatoms. The van der Waals surface area contributed by atoms with Crippen LogP contribution in [0.4, 0.5) is 18.9 Å². The fourth-order valence-corrected chi connectivity index (χ4v) is 5.72. The summed E-state index contributed by atoms with van der Waals surface area (Å²) >= 11 is 11.8. The van der Waals surface area contributed by atoms with E-state index in [-0.39, 0.29) is 11.4 Å². The number of carbonyl (C=O) groups is 2. The molecule has 1 N–H and O–H groups in total. The van der Waals surface area contributed by atoms with Crippen LogP contribution < -0.4 is 9.62 Å². The Hall–Kier alpha value is -3.28. The average molecular weight is 616 g/mol. The van der Waals surface area contributed by atoms with Crippen molar-refractivity contribution in [1.29, 1.82) is 0 Å². The first-order valence-electron chi connectivity index (χ1n) is 11.9. The van der Waals surface area contributed by atoms with E-state index in [1.165, 1.54) is 38.2 Å². The van der Waals surface area contributed by atoms with Crippen LogP contribution in [-0.4, -0.2) is 44.8 Å². The van der Waals surface area contributed by atoms with E-state index < -0.39 is 56.9 Å². The molecule has 3 aromatic rings. The van der Waals surface area contributed by atoms with Gasteiger partial charge in [0, 0.05) is 18.6 Å². The highest BCUT2D eigenvalue weighted by atomic mass is 35.5. The van der Waals surface area contributed by atoms with Gasteiger partial charge in [0.2, 0.25) is 11.8 Å². The van der Waals surface area contributed by atoms with Crippen LogP contribution in [0.1, 0.15) is 23.6 Å². The highest BCUT2D eigenvalue weighted by Crippen LogP contribution is 2.38.